The van der Waals surface area contributed by atoms with Gasteiger partial charge in [-0.2, -0.15) is 5.10 Å². The van der Waals surface area contributed by atoms with Gasteiger partial charge in [0.1, 0.15) is 11.5 Å². The first kappa shape index (κ1) is 19.8. The van der Waals surface area contributed by atoms with Crippen molar-refractivity contribution in [2.24, 2.45) is 5.92 Å². The van der Waals surface area contributed by atoms with Crippen molar-refractivity contribution in [3.05, 3.63) is 51.3 Å². The summed E-state index contributed by atoms with van der Waals surface area (Å²) in [6.07, 6.45) is 3.07. The highest BCUT2D eigenvalue weighted by Gasteiger charge is 2.23. The van der Waals surface area contributed by atoms with Crippen LogP contribution in [0.5, 0.6) is 0 Å². The number of nitrogens with zero attached hydrogens (tertiary/aromatic N) is 3. The van der Waals surface area contributed by atoms with Crippen LogP contribution in [-0.2, 0) is 19.5 Å². The Kier molecular flexibility index (Phi) is 5.50. The van der Waals surface area contributed by atoms with Crippen LogP contribution in [0.2, 0.25) is 5.02 Å². The number of H-pyrrole nitrogens is 1. The number of rotatable bonds is 5. The van der Waals surface area contributed by atoms with Gasteiger partial charge >= 0.3 is 5.69 Å². The predicted molar refractivity (Wildman–Crippen MR) is 113 cm³/mol. The van der Waals surface area contributed by atoms with E-state index >= 15 is 0 Å². The Morgan fingerprint density at radius 2 is 2.21 bits per heavy atom. The summed E-state index contributed by atoms with van der Waals surface area (Å²) in [5.74, 6) is 1.19. The number of carbonyl (C=O) groups excluding carboxylic acids is 1. The first-order valence-corrected chi connectivity index (χ1v) is 10.5. The topological polar surface area (TPSA) is 84.7 Å². The van der Waals surface area contributed by atoms with Crippen LogP contribution >= 0.6 is 11.6 Å². The van der Waals surface area contributed by atoms with Gasteiger partial charge in [-0.3, -0.25) is 9.36 Å². The molecule has 1 aliphatic heterocycles. The van der Waals surface area contributed by atoms with E-state index in [4.69, 9.17) is 11.6 Å². The fourth-order valence-corrected chi connectivity index (χ4v) is 4.03. The number of hydrogen-bond acceptors (Lipinski definition) is 3. The Morgan fingerprint density at radius 3 is 2.97 bits per heavy atom. The molecule has 0 saturated carbocycles. The van der Waals surface area contributed by atoms with E-state index in [1.807, 2.05) is 12.1 Å². The Morgan fingerprint density at radius 1 is 1.38 bits per heavy atom. The molecule has 1 atom stereocenters. The number of carbonyl (C=O) groups is 1. The number of aryl methyl sites for hydroxylation is 2. The number of hydrogen-bond donors (Lipinski definition) is 2. The lowest BCUT2D eigenvalue weighted by Crippen LogP contribution is -2.36. The summed E-state index contributed by atoms with van der Waals surface area (Å²) in [5.41, 5.74) is 1.29. The fraction of sp³-hybridized carbons (Fsp3) is 0.476. The fourth-order valence-electron chi connectivity index (χ4n) is 3.80. The third-order valence-corrected chi connectivity index (χ3v) is 5.86. The molecule has 0 bridgehead atoms. The molecule has 0 aliphatic carbocycles. The van der Waals surface area contributed by atoms with Crippen molar-refractivity contribution in [2.75, 3.05) is 0 Å². The van der Waals surface area contributed by atoms with Gasteiger partial charge in [-0.1, -0.05) is 31.5 Å². The summed E-state index contributed by atoms with van der Waals surface area (Å²) >= 11 is 6.20. The van der Waals surface area contributed by atoms with E-state index in [0.717, 1.165) is 29.6 Å². The van der Waals surface area contributed by atoms with Crippen molar-refractivity contribution in [3.8, 4) is 0 Å². The lowest BCUT2D eigenvalue weighted by molar-refractivity contribution is 0.0928. The summed E-state index contributed by atoms with van der Waals surface area (Å²) in [5, 5.41) is 9.07. The van der Waals surface area contributed by atoms with Gasteiger partial charge in [0.2, 0.25) is 0 Å². The van der Waals surface area contributed by atoms with E-state index in [2.05, 4.69) is 29.2 Å². The molecule has 1 aromatic carbocycles. The van der Waals surface area contributed by atoms with Crippen LogP contribution in [0, 0.1) is 5.92 Å². The SMILES string of the molecule is CC(C)CCn1nc2n(c1=O)CCC(NC(=O)c1cc3c(Cl)cccc3[nH]1)CC2. The average molecular weight is 416 g/mol. The molecule has 4 rings (SSSR count). The number of amides is 1. The Hall–Kier alpha value is -2.54. The van der Waals surface area contributed by atoms with Crippen LogP contribution in [0.4, 0.5) is 0 Å². The van der Waals surface area contributed by atoms with Gasteiger partial charge in [-0.15, -0.1) is 0 Å². The highest BCUT2D eigenvalue weighted by molar-refractivity contribution is 6.35. The number of nitrogens with one attached hydrogen (secondary N) is 2. The lowest BCUT2D eigenvalue weighted by atomic mass is 10.1. The average Bonchev–Trinajstić information content (AvgIpc) is 3.18. The van der Waals surface area contributed by atoms with E-state index < -0.39 is 0 Å². The van der Waals surface area contributed by atoms with Crippen molar-refractivity contribution in [2.45, 2.75) is 58.7 Å². The summed E-state index contributed by atoms with van der Waals surface area (Å²) in [6, 6.07) is 7.33. The quantitative estimate of drug-likeness (QED) is 0.670. The van der Waals surface area contributed by atoms with Crippen LogP contribution < -0.4 is 11.0 Å². The Balaban J connectivity index is 1.42. The van der Waals surface area contributed by atoms with Gasteiger partial charge in [0, 0.05) is 41.5 Å². The standard InChI is InChI=1S/C21H26ClN5O2/c1-13(2)8-11-27-21(29)26-10-9-14(6-7-19(26)25-27)23-20(28)18-12-15-16(22)4-3-5-17(15)24-18/h3-5,12-14,24H,6-11H2,1-2H3,(H,23,28). The zero-order valence-corrected chi connectivity index (χ0v) is 17.5. The molecule has 0 saturated heterocycles. The maximum Gasteiger partial charge on any atom is 0.345 e. The highest BCUT2D eigenvalue weighted by atomic mass is 35.5. The van der Waals surface area contributed by atoms with E-state index in [9.17, 15) is 9.59 Å². The van der Waals surface area contributed by atoms with Crippen molar-refractivity contribution < 1.29 is 4.79 Å². The number of aromatic nitrogens is 4. The van der Waals surface area contributed by atoms with E-state index in [1.54, 1.807) is 21.4 Å². The molecule has 8 heteroatoms. The summed E-state index contributed by atoms with van der Waals surface area (Å²) in [7, 11) is 0. The molecule has 2 N–H and O–H groups in total. The minimum absolute atomic E-state index is 0.00500. The van der Waals surface area contributed by atoms with Crippen LogP contribution in [0.1, 0.15) is 49.4 Å². The molecule has 1 unspecified atom stereocenters. The first-order valence-electron chi connectivity index (χ1n) is 10.2. The molecule has 3 heterocycles. The smallest absolute Gasteiger partial charge is 0.345 e. The van der Waals surface area contributed by atoms with Crippen molar-refractivity contribution in [1.29, 1.82) is 0 Å². The summed E-state index contributed by atoms with van der Waals surface area (Å²) in [4.78, 5) is 28.5. The molecule has 3 aromatic rings. The molecule has 1 amide bonds. The molecular formula is C21H26ClN5O2. The van der Waals surface area contributed by atoms with Crippen LogP contribution in [0.25, 0.3) is 10.9 Å². The Labute approximate surface area is 174 Å². The van der Waals surface area contributed by atoms with Gasteiger partial charge in [-0.25, -0.2) is 9.48 Å². The second kappa shape index (κ2) is 8.06. The van der Waals surface area contributed by atoms with E-state index in [0.29, 0.717) is 42.6 Å². The molecule has 0 fully saturated rings. The molecule has 0 radical (unpaired) electrons. The maximum absolute atomic E-state index is 12.7. The van der Waals surface area contributed by atoms with Gasteiger partial charge in [-0.05, 0) is 43.4 Å². The highest BCUT2D eigenvalue weighted by Crippen LogP contribution is 2.24. The van der Waals surface area contributed by atoms with Crippen LogP contribution in [-0.4, -0.2) is 31.3 Å². The minimum atomic E-state index is -0.156. The monoisotopic (exact) mass is 415 g/mol. The van der Waals surface area contributed by atoms with Crippen molar-refractivity contribution >= 4 is 28.4 Å². The zero-order valence-electron chi connectivity index (χ0n) is 16.7. The second-order valence-electron chi connectivity index (χ2n) is 8.14. The zero-order chi connectivity index (χ0) is 20.5. The molecule has 29 heavy (non-hydrogen) atoms. The van der Waals surface area contributed by atoms with Crippen LogP contribution in [0.15, 0.2) is 29.1 Å². The van der Waals surface area contributed by atoms with Crippen LogP contribution in [0.3, 0.4) is 0 Å². The maximum atomic E-state index is 12.7. The minimum Gasteiger partial charge on any atom is -0.350 e. The molecule has 7 nitrogen and oxygen atoms in total. The lowest BCUT2D eigenvalue weighted by Gasteiger charge is -2.15. The van der Waals surface area contributed by atoms with Gasteiger partial charge in [0.15, 0.2) is 0 Å². The molecule has 2 aromatic heterocycles. The predicted octanol–water partition coefficient (Wildman–Crippen LogP) is 3.36. The van der Waals surface area contributed by atoms with E-state index in [-0.39, 0.29) is 17.6 Å². The molecular weight excluding hydrogens is 390 g/mol. The number of halogens is 1. The normalized spacial score (nSPS) is 16.8. The number of benzene rings is 1. The molecule has 1 aliphatic rings. The third kappa shape index (κ3) is 4.10. The van der Waals surface area contributed by atoms with Gasteiger partial charge in [0.05, 0.1) is 0 Å². The first-order chi connectivity index (χ1) is 13.9. The van der Waals surface area contributed by atoms with Crippen molar-refractivity contribution in [1.82, 2.24) is 24.6 Å². The van der Waals surface area contributed by atoms with Gasteiger partial charge in [0.25, 0.3) is 5.91 Å². The number of fused-ring (bicyclic) bond motifs is 2. The largest absolute Gasteiger partial charge is 0.350 e. The van der Waals surface area contributed by atoms with E-state index in [1.165, 1.54) is 0 Å². The third-order valence-electron chi connectivity index (χ3n) is 5.53. The summed E-state index contributed by atoms with van der Waals surface area (Å²) in [6.45, 7) is 5.50. The second-order valence-corrected chi connectivity index (χ2v) is 8.55. The Bertz CT molecular complexity index is 1090. The molecule has 154 valence electrons. The van der Waals surface area contributed by atoms with Gasteiger partial charge < -0.3 is 10.3 Å². The summed E-state index contributed by atoms with van der Waals surface area (Å²) < 4.78 is 3.34. The van der Waals surface area contributed by atoms with Crippen molar-refractivity contribution in [3.63, 3.8) is 0 Å². The number of aromatic amines is 1. The molecule has 0 spiro atoms.